The lowest BCUT2D eigenvalue weighted by molar-refractivity contribution is 0.276. The van der Waals surface area contributed by atoms with Crippen molar-refractivity contribution >= 4 is 22.4 Å². The van der Waals surface area contributed by atoms with E-state index in [1.54, 1.807) is 4.68 Å². The highest BCUT2D eigenvalue weighted by molar-refractivity contribution is 6.12. The molecule has 218 valence electrons. The van der Waals surface area contributed by atoms with Crippen LogP contribution < -0.4 is 5.32 Å². The molecule has 0 unspecified atom stereocenters. The monoisotopic (exact) mass is 568 g/mol. The normalized spacial score (nSPS) is 12.0. The summed E-state index contributed by atoms with van der Waals surface area (Å²) < 4.78 is 16.4. The quantitative estimate of drug-likeness (QED) is 0.190. The number of hydrogen-bond donors (Lipinski definition) is 3. The van der Waals surface area contributed by atoms with Gasteiger partial charge in [-0.15, -0.1) is 0 Å². The molecule has 0 bridgehead atoms. The van der Waals surface area contributed by atoms with Gasteiger partial charge in [0.05, 0.1) is 34.7 Å². The number of para-hydroxylation sites is 1. The topological polar surface area (TPSA) is 107 Å². The van der Waals surface area contributed by atoms with Crippen molar-refractivity contribution in [1.29, 1.82) is 0 Å². The van der Waals surface area contributed by atoms with Gasteiger partial charge in [0.1, 0.15) is 11.5 Å². The Morgan fingerprint density at radius 3 is 2.71 bits per heavy atom. The third-order valence-electron chi connectivity index (χ3n) is 6.98. The predicted molar refractivity (Wildman–Crippen MR) is 166 cm³/mol. The Hall–Kier alpha value is -4.41. The van der Waals surface area contributed by atoms with Crippen molar-refractivity contribution in [2.24, 2.45) is 12.0 Å². The van der Waals surface area contributed by atoms with E-state index in [1.165, 1.54) is 12.1 Å². The summed E-state index contributed by atoms with van der Waals surface area (Å²) in [5, 5.41) is 17.5. The van der Waals surface area contributed by atoms with Gasteiger partial charge >= 0.3 is 0 Å². The van der Waals surface area contributed by atoms with E-state index in [0.717, 1.165) is 51.9 Å². The fourth-order valence-electron chi connectivity index (χ4n) is 4.92. The molecular formula is C32H37FN8O. The van der Waals surface area contributed by atoms with Gasteiger partial charge in [-0.2, -0.15) is 5.10 Å². The molecule has 0 saturated heterocycles. The average Bonchev–Trinajstić information content (AvgIpc) is 3.56. The summed E-state index contributed by atoms with van der Waals surface area (Å²) in [7, 11) is 5.83. The third kappa shape index (κ3) is 6.24. The molecule has 0 spiro atoms. The highest BCUT2D eigenvalue weighted by atomic mass is 19.1. The zero-order valence-electron chi connectivity index (χ0n) is 24.7. The first-order valence-corrected chi connectivity index (χ1v) is 14.1. The van der Waals surface area contributed by atoms with E-state index >= 15 is 0 Å². The molecular weight excluding hydrogens is 531 g/mol. The van der Waals surface area contributed by atoms with E-state index < -0.39 is 0 Å². The van der Waals surface area contributed by atoms with Crippen molar-refractivity contribution < 1.29 is 9.50 Å². The van der Waals surface area contributed by atoms with Crippen LogP contribution in [0.5, 0.6) is 0 Å². The molecule has 0 aliphatic rings. The van der Waals surface area contributed by atoms with Gasteiger partial charge in [-0.05, 0) is 68.9 Å². The van der Waals surface area contributed by atoms with Gasteiger partial charge in [-0.3, -0.25) is 9.67 Å². The number of nitrogens with one attached hydrogen (secondary N) is 2. The van der Waals surface area contributed by atoms with E-state index in [0.29, 0.717) is 41.7 Å². The van der Waals surface area contributed by atoms with Crippen LogP contribution in [0.2, 0.25) is 0 Å². The molecule has 10 heteroatoms. The van der Waals surface area contributed by atoms with Crippen LogP contribution in [0, 0.1) is 12.7 Å². The third-order valence-corrected chi connectivity index (χ3v) is 6.98. The minimum Gasteiger partial charge on any atom is -0.390 e. The number of halogens is 1. The van der Waals surface area contributed by atoms with Crippen LogP contribution in [0.15, 0.2) is 59.7 Å². The van der Waals surface area contributed by atoms with Crippen LogP contribution in [0.4, 0.5) is 10.1 Å². The lowest BCUT2D eigenvalue weighted by Crippen LogP contribution is -2.20. The van der Waals surface area contributed by atoms with Crippen LogP contribution in [-0.2, 0) is 13.7 Å². The minimum absolute atomic E-state index is 0.183. The zero-order valence-corrected chi connectivity index (χ0v) is 24.7. The first-order valence-electron chi connectivity index (χ1n) is 14.1. The van der Waals surface area contributed by atoms with Crippen LogP contribution in [0.25, 0.3) is 33.4 Å². The maximum absolute atomic E-state index is 14.7. The molecule has 2 aromatic carbocycles. The molecule has 9 nitrogen and oxygen atoms in total. The molecule has 0 radical (unpaired) electrons. The summed E-state index contributed by atoms with van der Waals surface area (Å²) >= 11 is 0. The van der Waals surface area contributed by atoms with E-state index in [-0.39, 0.29) is 12.4 Å². The van der Waals surface area contributed by atoms with E-state index in [1.807, 2.05) is 70.7 Å². The number of fused-ring (bicyclic) bond motifs is 1. The number of nitrogens with zero attached hydrogens (tertiary/aromatic N) is 6. The predicted octanol–water partition coefficient (Wildman–Crippen LogP) is 5.19. The number of anilines is 1. The second-order valence-corrected chi connectivity index (χ2v) is 10.7. The van der Waals surface area contributed by atoms with Gasteiger partial charge < -0.3 is 20.3 Å². The Morgan fingerprint density at radius 1 is 1.12 bits per heavy atom. The number of aliphatic hydroxyl groups excluding tert-OH is 1. The number of pyridine rings is 1. The largest absolute Gasteiger partial charge is 0.390 e. The zero-order chi connectivity index (χ0) is 29.8. The Bertz CT molecular complexity index is 1740. The fourth-order valence-corrected chi connectivity index (χ4v) is 4.92. The summed E-state index contributed by atoms with van der Waals surface area (Å²) in [6.45, 7) is 6.03. The maximum atomic E-state index is 14.7. The second-order valence-electron chi connectivity index (χ2n) is 10.7. The summed E-state index contributed by atoms with van der Waals surface area (Å²) in [6, 6.07) is 14.8. The number of hydrogen-bond acceptors (Lipinski definition) is 7. The van der Waals surface area contributed by atoms with Crippen molar-refractivity contribution in [3.8, 4) is 22.4 Å². The number of aryl methyl sites for hydroxylation is 2. The number of aliphatic imine (C=N–C) groups is 1. The Balaban J connectivity index is 1.58. The second kappa shape index (κ2) is 12.6. The summed E-state index contributed by atoms with van der Waals surface area (Å²) in [4.78, 5) is 20.4. The lowest BCUT2D eigenvalue weighted by atomic mass is 10.0. The number of rotatable bonds is 11. The molecule has 0 aliphatic heterocycles. The molecule has 3 heterocycles. The van der Waals surface area contributed by atoms with Crippen molar-refractivity contribution in [3.63, 3.8) is 0 Å². The number of likely N-dealkylation sites (N-methyl/N-ethyl adjacent to an activating group) is 1. The Labute approximate surface area is 245 Å². The van der Waals surface area contributed by atoms with Crippen molar-refractivity contribution in [2.45, 2.75) is 26.9 Å². The standard InChI is InChI=1S/C32H37FN8O/c1-6-12-35-31(29-20(2)10-11-26(36-29)25-18-41(5)39-28(25)19-42)32-37-27-9-7-8-24(30(27)38-32)21-15-22(33)17-23(16-21)34-13-14-40(3)4/h7-11,15-18,34,42H,6,12-14,19H2,1-5H3,(H,37,38)/b35-31+. The molecule has 0 atom stereocenters. The number of imidazole rings is 1. The number of aromatic nitrogens is 5. The fraction of sp³-hybridized carbons (Fsp3) is 0.312. The number of aliphatic hydroxyl groups is 1. The number of H-pyrrole nitrogens is 1. The van der Waals surface area contributed by atoms with Crippen molar-refractivity contribution in [1.82, 2.24) is 29.6 Å². The number of benzene rings is 2. The van der Waals surface area contributed by atoms with Crippen molar-refractivity contribution in [3.05, 3.63) is 83.3 Å². The molecule has 42 heavy (non-hydrogen) atoms. The van der Waals surface area contributed by atoms with E-state index in [4.69, 9.17) is 15.0 Å². The maximum Gasteiger partial charge on any atom is 0.158 e. The van der Waals surface area contributed by atoms with Crippen LogP contribution in [0.3, 0.4) is 0 Å². The van der Waals surface area contributed by atoms with Gasteiger partial charge in [0, 0.05) is 49.7 Å². The highest BCUT2D eigenvalue weighted by Gasteiger charge is 2.20. The van der Waals surface area contributed by atoms with Crippen LogP contribution in [0.1, 0.15) is 36.1 Å². The summed E-state index contributed by atoms with van der Waals surface area (Å²) in [5.74, 6) is 0.278. The molecule has 0 fully saturated rings. The molecule has 0 aliphatic carbocycles. The Morgan fingerprint density at radius 2 is 1.95 bits per heavy atom. The van der Waals surface area contributed by atoms with Crippen LogP contribution in [-0.4, -0.2) is 74.2 Å². The van der Waals surface area contributed by atoms with Gasteiger partial charge in [-0.1, -0.05) is 25.1 Å². The summed E-state index contributed by atoms with van der Waals surface area (Å²) in [6.07, 6.45) is 2.71. The number of aromatic amines is 1. The highest BCUT2D eigenvalue weighted by Crippen LogP contribution is 2.31. The molecule has 0 amide bonds. The Kier molecular flexibility index (Phi) is 8.75. The molecule has 0 saturated carbocycles. The average molecular weight is 569 g/mol. The van der Waals surface area contributed by atoms with E-state index in [9.17, 15) is 9.50 Å². The summed E-state index contributed by atoms with van der Waals surface area (Å²) in [5.41, 5.74) is 8.15. The minimum atomic E-state index is -0.313. The first kappa shape index (κ1) is 29.1. The van der Waals surface area contributed by atoms with Gasteiger partial charge in [-0.25, -0.2) is 14.4 Å². The first-order chi connectivity index (χ1) is 20.3. The van der Waals surface area contributed by atoms with Gasteiger partial charge in [0.15, 0.2) is 5.82 Å². The smallest absolute Gasteiger partial charge is 0.158 e. The SMILES string of the molecule is CCC/N=C(/c1nc2c(-c3cc(F)cc(NCCN(C)C)c3)cccc2[nH]1)c1nc(-c2cn(C)nc2CO)ccc1C. The van der Waals surface area contributed by atoms with E-state index in [2.05, 4.69) is 27.2 Å². The van der Waals surface area contributed by atoms with Gasteiger partial charge in [0.25, 0.3) is 0 Å². The molecule has 3 aromatic heterocycles. The molecule has 3 N–H and O–H groups in total. The van der Waals surface area contributed by atoms with Crippen LogP contribution >= 0.6 is 0 Å². The molecule has 5 rings (SSSR count). The lowest BCUT2D eigenvalue weighted by Gasteiger charge is -2.13. The van der Waals surface area contributed by atoms with Crippen molar-refractivity contribution in [2.75, 3.05) is 39.0 Å². The molecule has 5 aromatic rings. The van der Waals surface area contributed by atoms with Gasteiger partial charge in [0.2, 0.25) is 0 Å².